The SMILES string of the molecule is CC(C)(C)OC(=O)N1CC[C@H](CNC(=O)c2cn(-c3cccc(Cl)c3)nn2)C1. The van der Waals surface area contributed by atoms with Gasteiger partial charge in [-0.3, -0.25) is 4.79 Å². The molecule has 0 spiro atoms. The van der Waals surface area contributed by atoms with Crippen molar-refractivity contribution in [3.05, 3.63) is 41.2 Å². The number of benzene rings is 1. The summed E-state index contributed by atoms with van der Waals surface area (Å²) < 4.78 is 6.89. The van der Waals surface area contributed by atoms with Crippen LogP contribution in [0.1, 0.15) is 37.7 Å². The average Bonchev–Trinajstić information content (AvgIpc) is 3.28. The molecule has 28 heavy (non-hydrogen) atoms. The first-order chi connectivity index (χ1) is 13.2. The van der Waals surface area contributed by atoms with Crippen LogP contribution in [0.15, 0.2) is 30.5 Å². The molecule has 2 heterocycles. The predicted octanol–water partition coefficient (Wildman–Crippen LogP) is 2.91. The van der Waals surface area contributed by atoms with Crippen LogP contribution in [-0.2, 0) is 4.74 Å². The van der Waals surface area contributed by atoms with Gasteiger partial charge < -0.3 is 15.0 Å². The van der Waals surface area contributed by atoms with E-state index < -0.39 is 5.60 Å². The number of amides is 2. The Labute approximate surface area is 168 Å². The first kappa shape index (κ1) is 20.1. The fraction of sp³-hybridized carbons (Fsp3) is 0.474. The van der Waals surface area contributed by atoms with E-state index >= 15 is 0 Å². The Balaban J connectivity index is 1.51. The summed E-state index contributed by atoms with van der Waals surface area (Å²) in [6, 6.07) is 7.13. The van der Waals surface area contributed by atoms with Crippen molar-refractivity contribution in [1.29, 1.82) is 0 Å². The summed E-state index contributed by atoms with van der Waals surface area (Å²) in [6.07, 6.45) is 2.06. The Morgan fingerprint density at radius 2 is 2.14 bits per heavy atom. The maximum atomic E-state index is 12.4. The highest BCUT2D eigenvalue weighted by atomic mass is 35.5. The van der Waals surface area contributed by atoms with Crippen LogP contribution in [0, 0.1) is 5.92 Å². The van der Waals surface area contributed by atoms with Gasteiger partial charge in [0.25, 0.3) is 5.91 Å². The van der Waals surface area contributed by atoms with Gasteiger partial charge >= 0.3 is 6.09 Å². The van der Waals surface area contributed by atoms with Crippen LogP contribution in [-0.4, -0.2) is 57.1 Å². The highest BCUT2D eigenvalue weighted by molar-refractivity contribution is 6.30. The molecule has 1 aromatic carbocycles. The minimum atomic E-state index is -0.516. The van der Waals surface area contributed by atoms with E-state index in [0.29, 0.717) is 24.7 Å². The van der Waals surface area contributed by atoms with Crippen LogP contribution in [0.2, 0.25) is 5.02 Å². The van der Waals surface area contributed by atoms with Gasteiger partial charge in [-0.2, -0.15) is 0 Å². The second kappa shape index (κ2) is 8.18. The van der Waals surface area contributed by atoms with E-state index in [1.165, 1.54) is 4.68 Å². The van der Waals surface area contributed by atoms with Gasteiger partial charge in [-0.15, -0.1) is 5.10 Å². The molecule has 0 radical (unpaired) electrons. The van der Waals surface area contributed by atoms with Crippen LogP contribution in [0.25, 0.3) is 5.69 Å². The average molecular weight is 406 g/mol. The smallest absolute Gasteiger partial charge is 0.410 e. The van der Waals surface area contributed by atoms with Crippen LogP contribution < -0.4 is 5.32 Å². The molecule has 0 aliphatic carbocycles. The lowest BCUT2D eigenvalue weighted by Crippen LogP contribution is -2.36. The van der Waals surface area contributed by atoms with E-state index in [-0.39, 0.29) is 23.6 Å². The number of aromatic nitrogens is 3. The van der Waals surface area contributed by atoms with Crippen LogP contribution >= 0.6 is 11.6 Å². The molecule has 1 atom stereocenters. The third kappa shape index (κ3) is 5.22. The van der Waals surface area contributed by atoms with E-state index in [4.69, 9.17) is 16.3 Å². The van der Waals surface area contributed by atoms with Crippen molar-refractivity contribution < 1.29 is 14.3 Å². The van der Waals surface area contributed by atoms with E-state index in [0.717, 1.165) is 12.1 Å². The minimum Gasteiger partial charge on any atom is -0.444 e. The Kier molecular flexibility index (Phi) is 5.88. The molecule has 1 aliphatic heterocycles. The monoisotopic (exact) mass is 405 g/mol. The highest BCUT2D eigenvalue weighted by Gasteiger charge is 2.30. The summed E-state index contributed by atoms with van der Waals surface area (Å²) in [5.41, 5.74) is 0.433. The predicted molar refractivity (Wildman–Crippen MR) is 105 cm³/mol. The van der Waals surface area contributed by atoms with Crippen molar-refractivity contribution in [2.45, 2.75) is 32.8 Å². The minimum absolute atomic E-state index is 0.180. The van der Waals surface area contributed by atoms with Gasteiger partial charge in [-0.05, 0) is 51.3 Å². The topological polar surface area (TPSA) is 89.4 Å². The first-order valence-corrected chi connectivity index (χ1v) is 9.53. The normalized spacial score (nSPS) is 16.9. The van der Waals surface area contributed by atoms with Crippen molar-refractivity contribution >= 4 is 23.6 Å². The molecule has 150 valence electrons. The number of ether oxygens (including phenoxy) is 1. The number of nitrogens with one attached hydrogen (secondary N) is 1. The van der Waals surface area contributed by atoms with Gasteiger partial charge in [-0.1, -0.05) is 22.9 Å². The zero-order valence-corrected chi connectivity index (χ0v) is 16.9. The van der Waals surface area contributed by atoms with Gasteiger partial charge in [-0.25, -0.2) is 9.48 Å². The second-order valence-electron chi connectivity index (χ2n) is 7.82. The molecule has 9 heteroatoms. The summed E-state index contributed by atoms with van der Waals surface area (Å²) in [5.74, 6) is -0.122. The van der Waals surface area contributed by atoms with Gasteiger partial charge in [0, 0.05) is 24.7 Å². The number of hydrogen-bond acceptors (Lipinski definition) is 5. The molecule has 1 saturated heterocycles. The molecule has 3 rings (SSSR count). The number of carbonyl (C=O) groups excluding carboxylic acids is 2. The number of hydrogen-bond donors (Lipinski definition) is 1. The van der Waals surface area contributed by atoms with E-state index in [1.54, 1.807) is 29.3 Å². The lowest BCUT2D eigenvalue weighted by molar-refractivity contribution is 0.0288. The summed E-state index contributed by atoms with van der Waals surface area (Å²) >= 11 is 5.98. The molecule has 2 aromatic rings. The Hall–Kier alpha value is -2.61. The van der Waals surface area contributed by atoms with Gasteiger partial charge in [0.1, 0.15) is 5.60 Å². The molecular weight excluding hydrogens is 382 g/mol. The fourth-order valence-corrected chi connectivity index (χ4v) is 3.12. The van der Waals surface area contributed by atoms with E-state index in [9.17, 15) is 9.59 Å². The molecule has 1 N–H and O–H groups in total. The van der Waals surface area contributed by atoms with Gasteiger partial charge in [0.15, 0.2) is 5.69 Å². The summed E-state index contributed by atoms with van der Waals surface area (Å²) in [6.45, 7) is 7.17. The van der Waals surface area contributed by atoms with Crippen molar-refractivity contribution in [3.63, 3.8) is 0 Å². The van der Waals surface area contributed by atoms with Crippen LogP contribution in [0.5, 0.6) is 0 Å². The zero-order chi connectivity index (χ0) is 20.3. The number of likely N-dealkylation sites (tertiary alicyclic amines) is 1. The molecule has 0 unspecified atom stereocenters. The number of halogens is 1. The van der Waals surface area contributed by atoms with E-state index in [2.05, 4.69) is 15.6 Å². The Bertz CT molecular complexity index is 861. The molecule has 0 saturated carbocycles. The van der Waals surface area contributed by atoms with Crippen LogP contribution in [0.3, 0.4) is 0 Å². The maximum absolute atomic E-state index is 12.4. The standard InChI is InChI=1S/C19H24ClN5O3/c1-19(2,3)28-18(27)24-8-7-13(11-24)10-21-17(26)16-12-25(23-22-16)15-6-4-5-14(20)9-15/h4-6,9,12-13H,7-8,10-11H2,1-3H3,(H,21,26)/t13-/m1/s1. The van der Waals surface area contributed by atoms with Crippen molar-refractivity contribution in [3.8, 4) is 5.69 Å². The maximum Gasteiger partial charge on any atom is 0.410 e. The lowest BCUT2D eigenvalue weighted by Gasteiger charge is -2.24. The summed E-state index contributed by atoms with van der Waals surface area (Å²) in [4.78, 5) is 26.1. The third-order valence-electron chi connectivity index (χ3n) is 4.29. The number of carbonyl (C=O) groups is 2. The zero-order valence-electron chi connectivity index (χ0n) is 16.2. The van der Waals surface area contributed by atoms with Gasteiger partial charge in [0.05, 0.1) is 11.9 Å². The molecular formula is C19H24ClN5O3. The molecule has 8 nitrogen and oxygen atoms in total. The van der Waals surface area contributed by atoms with Crippen molar-refractivity contribution in [2.75, 3.05) is 19.6 Å². The number of nitrogens with zero attached hydrogens (tertiary/aromatic N) is 4. The largest absolute Gasteiger partial charge is 0.444 e. The van der Waals surface area contributed by atoms with Crippen LogP contribution in [0.4, 0.5) is 4.79 Å². The molecule has 1 aromatic heterocycles. The fourth-order valence-electron chi connectivity index (χ4n) is 2.93. The summed E-state index contributed by atoms with van der Waals surface area (Å²) in [5, 5.41) is 11.3. The second-order valence-corrected chi connectivity index (χ2v) is 8.26. The molecule has 1 aliphatic rings. The first-order valence-electron chi connectivity index (χ1n) is 9.16. The third-order valence-corrected chi connectivity index (χ3v) is 4.52. The van der Waals surface area contributed by atoms with Crippen molar-refractivity contribution in [1.82, 2.24) is 25.2 Å². The van der Waals surface area contributed by atoms with Gasteiger partial charge in [0.2, 0.25) is 0 Å². The molecule has 2 amide bonds. The Morgan fingerprint density at radius 1 is 1.36 bits per heavy atom. The lowest BCUT2D eigenvalue weighted by atomic mass is 10.1. The van der Waals surface area contributed by atoms with E-state index in [1.807, 2.05) is 26.8 Å². The molecule has 1 fully saturated rings. The Morgan fingerprint density at radius 3 is 2.86 bits per heavy atom. The van der Waals surface area contributed by atoms with Crippen molar-refractivity contribution in [2.24, 2.45) is 5.92 Å². The highest BCUT2D eigenvalue weighted by Crippen LogP contribution is 2.19. The molecule has 0 bridgehead atoms. The quantitative estimate of drug-likeness (QED) is 0.844. The summed E-state index contributed by atoms with van der Waals surface area (Å²) in [7, 11) is 0. The number of rotatable bonds is 4.